The van der Waals surface area contributed by atoms with Gasteiger partial charge >= 0.3 is 0 Å². The molecule has 2 N–H and O–H groups in total. The Labute approximate surface area is 145 Å². The van der Waals surface area contributed by atoms with Crippen LogP contribution in [0.25, 0.3) is 0 Å². The molecule has 1 aliphatic rings. The number of amides is 1. The van der Waals surface area contributed by atoms with Crippen molar-refractivity contribution in [1.29, 1.82) is 0 Å². The molecule has 132 valence electrons. The number of nitrogens with one attached hydrogen (secondary N) is 2. The van der Waals surface area contributed by atoms with Crippen LogP contribution in [0, 0.1) is 5.92 Å². The van der Waals surface area contributed by atoms with Gasteiger partial charge in [0.1, 0.15) is 6.54 Å². The van der Waals surface area contributed by atoms with Gasteiger partial charge in [-0.25, -0.2) is 4.99 Å². The van der Waals surface area contributed by atoms with Crippen LogP contribution < -0.4 is 10.6 Å². The first-order chi connectivity index (χ1) is 11.7. The first-order valence-electron chi connectivity index (χ1n) is 9.03. The molecule has 0 atom stereocenters. The molecule has 0 unspecified atom stereocenters. The van der Waals surface area contributed by atoms with Crippen LogP contribution in [0.5, 0.6) is 0 Å². The van der Waals surface area contributed by atoms with E-state index in [0.717, 1.165) is 37.9 Å². The molecule has 0 aromatic heterocycles. The van der Waals surface area contributed by atoms with Crippen molar-refractivity contribution >= 4 is 11.9 Å². The van der Waals surface area contributed by atoms with Gasteiger partial charge in [0.15, 0.2) is 5.96 Å². The Morgan fingerprint density at radius 2 is 1.92 bits per heavy atom. The maximum absolute atomic E-state index is 12.0. The van der Waals surface area contributed by atoms with E-state index >= 15 is 0 Å². The van der Waals surface area contributed by atoms with Crippen LogP contribution in [0.15, 0.2) is 35.3 Å². The lowest BCUT2D eigenvalue weighted by Crippen LogP contribution is -2.45. The second-order valence-electron chi connectivity index (χ2n) is 6.43. The van der Waals surface area contributed by atoms with E-state index in [1.54, 1.807) is 0 Å². The van der Waals surface area contributed by atoms with Gasteiger partial charge in [-0.05, 0) is 37.7 Å². The van der Waals surface area contributed by atoms with Crippen LogP contribution in [-0.4, -0.2) is 49.5 Å². The molecule has 0 radical (unpaired) electrons. The number of rotatable bonds is 6. The lowest BCUT2D eigenvalue weighted by molar-refractivity contribution is -0.119. The molecule has 1 aromatic carbocycles. The molecule has 5 nitrogen and oxygen atoms in total. The third-order valence-electron chi connectivity index (χ3n) is 4.37. The number of hydrogen-bond donors (Lipinski definition) is 2. The summed E-state index contributed by atoms with van der Waals surface area (Å²) in [6, 6.07) is 10.2. The van der Waals surface area contributed by atoms with Crippen molar-refractivity contribution < 1.29 is 4.79 Å². The average molecular weight is 330 g/mol. The molecule has 0 bridgehead atoms. The molecule has 1 aliphatic heterocycles. The Hall–Kier alpha value is -2.04. The van der Waals surface area contributed by atoms with Crippen molar-refractivity contribution in [2.24, 2.45) is 10.9 Å². The third kappa shape index (κ3) is 6.22. The van der Waals surface area contributed by atoms with E-state index in [1.165, 1.54) is 18.4 Å². The topological polar surface area (TPSA) is 56.7 Å². The summed E-state index contributed by atoms with van der Waals surface area (Å²) >= 11 is 0. The third-order valence-corrected chi connectivity index (χ3v) is 4.37. The van der Waals surface area contributed by atoms with Gasteiger partial charge < -0.3 is 15.5 Å². The second kappa shape index (κ2) is 9.96. The largest absolute Gasteiger partial charge is 0.357 e. The maximum Gasteiger partial charge on any atom is 0.241 e. The smallest absolute Gasteiger partial charge is 0.241 e. The molecule has 1 heterocycles. The molecule has 2 rings (SSSR count). The van der Waals surface area contributed by atoms with Gasteiger partial charge in [-0.2, -0.15) is 0 Å². The zero-order valence-corrected chi connectivity index (χ0v) is 14.9. The minimum atomic E-state index is -0.0216. The summed E-state index contributed by atoms with van der Waals surface area (Å²) in [6.07, 6.45) is 3.22. The number of hydrogen-bond acceptors (Lipinski definition) is 2. The summed E-state index contributed by atoms with van der Waals surface area (Å²) < 4.78 is 0. The molecule has 1 amide bonds. The Balaban J connectivity index is 1.76. The van der Waals surface area contributed by atoms with Crippen molar-refractivity contribution in [1.82, 2.24) is 15.5 Å². The minimum Gasteiger partial charge on any atom is -0.357 e. The number of nitrogens with zero attached hydrogens (tertiary/aromatic N) is 2. The highest BCUT2D eigenvalue weighted by atomic mass is 16.1. The van der Waals surface area contributed by atoms with E-state index in [4.69, 9.17) is 0 Å². The molecule has 0 spiro atoms. The van der Waals surface area contributed by atoms with E-state index in [1.807, 2.05) is 18.2 Å². The van der Waals surface area contributed by atoms with Gasteiger partial charge in [0.05, 0.1) is 0 Å². The van der Waals surface area contributed by atoms with E-state index in [0.29, 0.717) is 6.54 Å². The lowest BCUT2D eigenvalue weighted by atomic mass is 10.00. The number of carbonyl (C=O) groups is 1. The van der Waals surface area contributed by atoms with Crippen LogP contribution in [0.2, 0.25) is 0 Å². The standard InChI is InChI=1S/C19H30N4O/c1-3-20-19(23-13-10-16(2)11-14-23)22-15-18(24)21-12-9-17-7-5-4-6-8-17/h4-8,16H,3,9-15H2,1-2H3,(H,20,22)(H,21,24). The number of aliphatic imine (C=N–C) groups is 1. The molecule has 0 saturated carbocycles. The van der Waals surface area contributed by atoms with Crippen molar-refractivity contribution in [2.45, 2.75) is 33.1 Å². The molecule has 1 aromatic rings. The number of guanidine groups is 1. The molecular formula is C19H30N4O. The van der Waals surface area contributed by atoms with Gasteiger partial charge in [0.2, 0.25) is 5.91 Å². The second-order valence-corrected chi connectivity index (χ2v) is 6.43. The van der Waals surface area contributed by atoms with Crippen molar-refractivity contribution in [2.75, 3.05) is 32.7 Å². The SMILES string of the molecule is CCNC(=NCC(=O)NCCc1ccccc1)N1CCC(C)CC1. The Bertz CT molecular complexity index is 521. The normalized spacial score (nSPS) is 16.1. The van der Waals surface area contributed by atoms with Gasteiger partial charge in [-0.1, -0.05) is 37.3 Å². The first kappa shape index (κ1) is 18.3. The molecule has 24 heavy (non-hydrogen) atoms. The van der Waals surface area contributed by atoms with Crippen molar-refractivity contribution in [3.8, 4) is 0 Å². The lowest BCUT2D eigenvalue weighted by Gasteiger charge is -2.32. The number of likely N-dealkylation sites (tertiary alicyclic amines) is 1. The number of benzene rings is 1. The molecule has 5 heteroatoms. The molecular weight excluding hydrogens is 300 g/mol. The van der Waals surface area contributed by atoms with Gasteiger partial charge in [-0.15, -0.1) is 0 Å². The van der Waals surface area contributed by atoms with Crippen LogP contribution in [0.3, 0.4) is 0 Å². The summed E-state index contributed by atoms with van der Waals surface area (Å²) in [5.74, 6) is 1.62. The van der Waals surface area contributed by atoms with Gasteiger partial charge in [0.25, 0.3) is 0 Å². The fraction of sp³-hybridized carbons (Fsp3) is 0.579. The van der Waals surface area contributed by atoms with Crippen LogP contribution >= 0.6 is 0 Å². The highest BCUT2D eigenvalue weighted by Gasteiger charge is 2.18. The quantitative estimate of drug-likeness (QED) is 0.620. The Morgan fingerprint density at radius 1 is 1.21 bits per heavy atom. The molecule has 1 fully saturated rings. The van der Waals surface area contributed by atoms with E-state index in [2.05, 4.69) is 46.5 Å². The summed E-state index contributed by atoms with van der Waals surface area (Å²) in [7, 11) is 0. The minimum absolute atomic E-state index is 0.0216. The van der Waals surface area contributed by atoms with Gasteiger partial charge in [-0.3, -0.25) is 4.79 Å². The summed E-state index contributed by atoms with van der Waals surface area (Å²) in [6.45, 7) is 8.04. The van der Waals surface area contributed by atoms with E-state index < -0.39 is 0 Å². The Kier molecular flexibility index (Phi) is 7.59. The molecule has 1 saturated heterocycles. The fourth-order valence-corrected chi connectivity index (χ4v) is 2.84. The summed E-state index contributed by atoms with van der Waals surface area (Å²) in [5.41, 5.74) is 1.23. The highest BCUT2D eigenvalue weighted by molar-refractivity contribution is 5.85. The van der Waals surface area contributed by atoms with Crippen LogP contribution in [0.1, 0.15) is 32.3 Å². The zero-order chi connectivity index (χ0) is 17.2. The highest BCUT2D eigenvalue weighted by Crippen LogP contribution is 2.15. The monoisotopic (exact) mass is 330 g/mol. The predicted octanol–water partition coefficient (Wildman–Crippen LogP) is 2.04. The Morgan fingerprint density at radius 3 is 2.58 bits per heavy atom. The molecule has 0 aliphatic carbocycles. The zero-order valence-electron chi connectivity index (χ0n) is 14.9. The summed E-state index contributed by atoms with van der Waals surface area (Å²) in [5, 5.41) is 6.25. The number of piperidine rings is 1. The fourth-order valence-electron chi connectivity index (χ4n) is 2.84. The van der Waals surface area contributed by atoms with Gasteiger partial charge in [0, 0.05) is 26.2 Å². The van der Waals surface area contributed by atoms with Crippen molar-refractivity contribution in [3.63, 3.8) is 0 Å². The van der Waals surface area contributed by atoms with Crippen molar-refractivity contribution in [3.05, 3.63) is 35.9 Å². The van der Waals surface area contributed by atoms with Crippen LogP contribution in [-0.2, 0) is 11.2 Å². The van der Waals surface area contributed by atoms with E-state index in [-0.39, 0.29) is 12.5 Å². The average Bonchev–Trinajstić information content (AvgIpc) is 2.60. The van der Waals surface area contributed by atoms with E-state index in [9.17, 15) is 4.79 Å². The summed E-state index contributed by atoms with van der Waals surface area (Å²) in [4.78, 5) is 18.8. The predicted molar refractivity (Wildman–Crippen MR) is 99.1 cm³/mol. The van der Waals surface area contributed by atoms with Crippen LogP contribution in [0.4, 0.5) is 0 Å². The maximum atomic E-state index is 12.0. The number of carbonyl (C=O) groups excluding carboxylic acids is 1. The first-order valence-corrected chi connectivity index (χ1v) is 9.03.